The first-order chi connectivity index (χ1) is 9.90. The molecule has 118 valence electrons. The van der Waals surface area contributed by atoms with Crippen molar-refractivity contribution in [2.75, 3.05) is 6.61 Å². The Morgan fingerprint density at radius 1 is 1.43 bits per heavy atom. The van der Waals surface area contributed by atoms with Gasteiger partial charge in [-0.1, -0.05) is 26.8 Å². The van der Waals surface area contributed by atoms with Crippen LogP contribution < -0.4 is 0 Å². The molecule has 0 radical (unpaired) electrons. The number of hydrogen-bond acceptors (Lipinski definition) is 3. The molecule has 3 atom stereocenters. The summed E-state index contributed by atoms with van der Waals surface area (Å²) in [5.41, 5.74) is 0.590. The molecular formula is C18H28O3. The third-order valence-corrected chi connectivity index (χ3v) is 5.43. The van der Waals surface area contributed by atoms with Gasteiger partial charge in [0.15, 0.2) is 0 Å². The van der Waals surface area contributed by atoms with Crippen molar-refractivity contribution in [3.05, 3.63) is 11.6 Å². The van der Waals surface area contributed by atoms with Crippen LogP contribution in [-0.2, 0) is 14.3 Å². The molecule has 0 aromatic rings. The maximum Gasteiger partial charge on any atom is 0.333 e. The number of Topliss-reactive ketones (excluding diaryl/α,β-unsaturated/α-hetero) is 1. The number of ether oxygens (including phenoxy) is 1. The summed E-state index contributed by atoms with van der Waals surface area (Å²) >= 11 is 0. The highest BCUT2D eigenvalue weighted by molar-refractivity contribution is 5.90. The predicted molar refractivity (Wildman–Crippen MR) is 82.7 cm³/mol. The quantitative estimate of drug-likeness (QED) is 0.550. The van der Waals surface area contributed by atoms with Crippen molar-refractivity contribution in [2.45, 2.75) is 59.8 Å². The van der Waals surface area contributed by atoms with Gasteiger partial charge in [0.25, 0.3) is 0 Å². The van der Waals surface area contributed by atoms with Gasteiger partial charge in [-0.25, -0.2) is 4.79 Å². The number of rotatable bonds is 6. The zero-order chi connectivity index (χ0) is 15.6. The zero-order valence-electron chi connectivity index (χ0n) is 13.8. The summed E-state index contributed by atoms with van der Waals surface area (Å²) in [7, 11) is 0. The molecule has 0 N–H and O–H groups in total. The minimum Gasteiger partial charge on any atom is -0.463 e. The molecule has 3 nitrogen and oxygen atoms in total. The molecule has 0 aliphatic heterocycles. The standard InChI is InChI=1S/C18H28O3/c1-5-21-17(20)15(12(2)3)7-6-10-18(4)14-9-8-13(11-14)16(18)19/h7,12-14H,5-6,8-11H2,1-4H3/b15-7-/t13-,14+,18-/m1/s1. The van der Waals surface area contributed by atoms with E-state index in [-0.39, 0.29) is 17.3 Å². The summed E-state index contributed by atoms with van der Waals surface area (Å²) in [5, 5.41) is 0. The fourth-order valence-electron chi connectivity index (χ4n) is 4.09. The van der Waals surface area contributed by atoms with Crippen LogP contribution in [0.1, 0.15) is 59.8 Å². The average molecular weight is 292 g/mol. The van der Waals surface area contributed by atoms with Crippen LogP contribution in [0.15, 0.2) is 11.6 Å². The lowest BCUT2D eigenvalue weighted by atomic mass is 9.71. The van der Waals surface area contributed by atoms with E-state index < -0.39 is 0 Å². The first kappa shape index (κ1) is 16.3. The highest BCUT2D eigenvalue weighted by Crippen LogP contribution is 2.55. The van der Waals surface area contributed by atoms with E-state index in [2.05, 4.69) is 6.92 Å². The maximum atomic E-state index is 12.4. The number of ketones is 1. The molecule has 0 saturated heterocycles. The van der Waals surface area contributed by atoms with Crippen molar-refractivity contribution in [3.63, 3.8) is 0 Å². The lowest BCUT2D eigenvalue weighted by molar-refractivity contribution is -0.139. The van der Waals surface area contributed by atoms with Crippen molar-refractivity contribution >= 4 is 11.8 Å². The second kappa shape index (κ2) is 6.33. The number of carbonyl (C=O) groups excluding carboxylic acids is 2. The van der Waals surface area contributed by atoms with Gasteiger partial charge in [0, 0.05) is 16.9 Å². The Labute approximate surface area is 128 Å². The van der Waals surface area contributed by atoms with Gasteiger partial charge in [0.05, 0.1) is 6.61 Å². The third-order valence-electron chi connectivity index (χ3n) is 5.43. The van der Waals surface area contributed by atoms with Gasteiger partial charge in [-0.3, -0.25) is 4.79 Å². The molecule has 2 aliphatic rings. The van der Waals surface area contributed by atoms with Gasteiger partial charge in [0.1, 0.15) is 5.78 Å². The summed E-state index contributed by atoms with van der Waals surface area (Å²) in [5.74, 6) is 1.30. The minimum absolute atomic E-state index is 0.157. The smallest absolute Gasteiger partial charge is 0.333 e. The first-order valence-electron chi connectivity index (χ1n) is 8.31. The number of allylic oxidation sites excluding steroid dienone is 1. The molecule has 0 aromatic carbocycles. The van der Waals surface area contributed by atoms with Gasteiger partial charge in [-0.15, -0.1) is 0 Å². The molecule has 2 bridgehead atoms. The molecule has 21 heavy (non-hydrogen) atoms. The van der Waals surface area contributed by atoms with E-state index in [1.807, 2.05) is 26.8 Å². The Bertz CT molecular complexity index is 449. The van der Waals surface area contributed by atoms with E-state index in [0.29, 0.717) is 24.2 Å². The maximum absolute atomic E-state index is 12.4. The summed E-state index contributed by atoms with van der Waals surface area (Å²) < 4.78 is 5.11. The number of carbonyl (C=O) groups is 2. The lowest BCUT2D eigenvalue weighted by Crippen LogP contribution is -2.33. The van der Waals surface area contributed by atoms with Gasteiger partial charge < -0.3 is 4.74 Å². The molecular weight excluding hydrogens is 264 g/mol. The third kappa shape index (κ3) is 3.07. The van der Waals surface area contributed by atoms with Crippen molar-refractivity contribution in [2.24, 2.45) is 23.2 Å². The fourth-order valence-corrected chi connectivity index (χ4v) is 4.09. The van der Waals surface area contributed by atoms with E-state index >= 15 is 0 Å². The van der Waals surface area contributed by atoms with Crippen LogP contribution in [0.3, 0.4) is 0 Å². The van der Waals surface area contributed by atoms with Crippen molar-refractivity contribution < 1.29 is 14.3 Å². The molecule has 3 heteroatoms. The molecule has 2 aliphatic carbocycles. The summed E-state index contributed by atoms with van der Waals surface area (Å²) in [6.45, 7) is 8.38. The summed E-state index contributed by atoms with van der Waals surface area (Å²) in [6, 6.07) is 0. The Morgan fingerprint density at radius 2 is 2.14 bits per heavy atom. The monoisotopic (exact) mass is 292 g/mol. The number of esters is 1. The van der Waals surface area contributed by atoms with Gasteiger partial charge in [-0.2, -0.15) is 0 Å². The SMILES string of the molecule is CCOC(=O)/C(=C\CC[C@@]1(C)C(=O)[C@@H]2CC[C@H]1C2)C(C)C. The van der Waals surface area contributed by atoms with Crippen LogP contribution in [0.4, 0.5) is 0 Å². The van der Waals surface area contributed by atoms with Crippen LogP contribution in [0, 0.1) is 23.2 Å². The van der Waals surface area contributed by atoms with Crippen LogP contribution >= 0.6 is 0 Å². The highest BCUT2D eigenvalue weighted by atomic mass is 16.5. The predicted octanol–water partition coefficient (Wildman–Crippen LogP) is 3.92. The molecule has 0 amide bonds. The second-order valence-corrected chi connectivity index (χ2v) is 7.06. The lowest BCUT2D eigenvalue weighted by Gasteiger charge is -2.32. The van der Waals surface area contributed by atoms with E-state index in [9.17, 15) is 9.59 Å². The van der Waals surface area contributed by atoms with Gasteiger partial charge >= 0.3 is 5.97 Å². The average Bonchev–Trinajstić information content (AvgIpc) is 2.98. The van der Waals surface area contributed by atoms with Crippen molar-refractivity contribution in [1.82, 2.24) is 0 Å². The number of hydrogen-bond donors (Lipinski definition) is 0. The van der Waals surface area contributed by atoms with Crippen molar-refractivity contribution in [1.29, 1.82) is 0 Å². The Balaban J connectivity index is 2.00. The molecule has 2 fully saturated rings. The molecule has 0 heterocycles. The largest absolute Gasteiger partial charge is 0.463 e. The molecule has 2 rings (SSSR count). The van der Waals surface area contributed by atoms with Crippen LogP contribution in [-0.4, -0.2) is 18.4 Å². The zero-order valence-corrected chi connectivity index (χ0v) is 13.8. The van der Waals surface area contributed by atoms with E-state index in [1.54, 1.807) is 0 Å². The van der Waals surface area contributed by atoms with Crippen LogP contribution in [0.25, 0.3) is 0 Å². The number of fused-ring (bicyclic) bond motifs is 2. The molecule has 0 spiro atoms. The Morgan fingerprint density at radius 3 is 2.67 bits per heavy atom. The normalized spacial score (nSPS) is 32.0. The van der Waals surface area contributed by atoms with Crippen molar-refractivity contribution in [3.8, 4) is 0 Å². The van der Waals surface area contributed by atoms with Crippen LogP contribution in [0.5, 0.6) is 0 Å². The Hall–Kier alpha value is -1.12. The summed E-state index contributed by atoms with van der Waals surface area (Å²) in [4.78, 5) is 24.3. The topological polar surface area (TPSA) is 43.4 Å². The van der Waals surface area contributed by atoms with E-state index in [4.69, 9.17) is 4.74 Å². The second-order valence-electron chi connectivity index (χ2n) is 7.06. The van der Waals surface area contributed by atoms with E-state index in [1.165, 1.54) is 6.42 Å². The molecule has 0 unspecified atom stereocenters. The fraction of sp³-hybridized carbons (Fsp3) is 0.778. The first-order valence-corrected chi connectivity index (χ1v) is 8.31. The van der Waals surface area contributed by atoms with Gasteiger partial charge in [0.2, 0.25) is 0 Å². The van der Waals surface area contributed by atoms with E-state index in [0.717, 1.165) is 31.3 Å². The summed E-state index contributed by atoms with van der Waals surface area (Å²) in [6.07, 6.45) is 7.03. The van der Waals surface area contributed by atoms with Gasteiger partial charge in [-0.05, 0) is 50.9 Å². The molecule has 2 saturated carbocycles. The Kier molecular flexibility index (Phi) is 4.90. The molecule has 0 aromatic heterocycles. The van der Waals surface area contributed by atoms with Crippen LogP contribution in [0.2, 0.25) is 0 Å². The minimum atomic E-state index is -0.211. The highest BCUT2D eigenvalue weighted by Gasteiger charge is 2.54.